The maximum absolute atomic E-state index is 12.9. The second-order valence-corrected chi connectivity index (χ2v) is 10.4. The number of allylic oxidation sites excluding steroid dienone is 5. The fourth-order valence-electron chi connectivity index (χ4n) is 5.83. The van der Waals surface area contributed by atoms with Crippen LogP contribution in [0.15, 0.2) is 47.1 Å². The molecule has 2 saturated carbocycles. The summed E-state index contributed by atoms with van der Waals surface area (Å²) in [6.07, 6.45) is -3.80. The average molecular weight is 519 g/mol. The summed E-state index contributed by atoms with van der Waals surface area (Å²) in [4.78, 5) is 0. The van der Waals surface area contributed by atoms with Gasteiger partial charge in [0, 0.05) is 12.8 Å². The van der Waals surface area contributed by atoms with Gasteiger partial charge in [0.2, 0.25) is 0 Å². The monoisotopic (exact) mass is 518 g/mol. The summed E-state index contributed by atoms with van der Waals surface area (Å²) in [5.74, 6) is 2.75. The summed E-state index contributed by atoms with van der Waals surface area (Å²) in [5.41, 5.74) is -1.86. The number of aliphatic hydroxyl groups excluding tert-OH is 2. The van der Waals surface area contributed by atoms with Crippen molar-refractivity contribution in [1.29, 1.82) is 0 Å². The number of hydrogen-bond acceptors (Lipinski definition) is 3. The summed E-state index contributed by atoms with van der Waals surface area (Å²) >= 11 is 0. The van der Waals surface area contributed by atoms with Crippen LogP contribution >= 0.6 is 0 Å². The van der Waals surface area contributed by atoms with Crippen LogP contribution in [0.5, 0.6) is 0 Å². The second kappa shape index (κ2) is 10.0. The van der Waals surface area contributed by atoms with Crippen LogP contribution in [-0.4, -0.2) is 45.5 Å². The Kier molecular flexibility index (Phi) is 7.96. The number of rotatable bonds is 3. The summed E-state index contributed by atoms with van der Waals surface area (Å²) in [6.45, 7) is 7.72. The first-order valence-electron chi connectivity index (χ1n) is 12.0. The first kappa shape index (κ1) is 28.5. The van der Waals surface area contributed by atoms with Crippen LogP contribution in [0, 0.1) is 29.1 Å². The molecule has 3 aliphatic carbocycles. The van der Waals surface area contributed by atoms with Crippen molar-refractivity contribution in [2.24, 2.45) is 17.3 Å². The minimum atomic E-state index is -5.96. The zero-order chi connectivity index (χ0) is 27.1. The third kappa shape index (κ3) is 5.32. The van der Waals surface area contributed by atoms with Gasteiger partial charge in [-0.05, 0) is 66.4 Å². The number of aliphatic hydroxyl groups is 3. The van der Waals surface area contributed by atoms with E-state index in [1.807, 2.05) is 24.1 Å². The first-order chi connectivity index (χ1) is 16.5. The summed E-state index contributed by atoms with van der Waals surface area (Å²) in [5, 5.41) is 29.3. The first-order valence-corrected chi connectivity index (χ1v) is 12.0. The molecule has 36 heavy (non-hydrogen) atoms. The molecule has 5 atom stereocenters. The molecule has 0 radical (unpaired) electrons. The predicted molar refractivity (Wildman–Crippen MR) is 123 cm³/mol. The number of halogens is 6. The zero-order valence-corrected chi connectivity index (χ0v) is 20.3. The minimum absolute atomic E-state index is 0.127. The molecule has 0 aromatic heterocycles. The fourth-order valence-corrected chi connectivity index (χ4v) is 5.83. The van der Waals surface area contributed by atoms with E-state index >= 15 is 0 Å². The smallest absolute Gasteiger partial charge is 0.393 e. The van der Waals surface area contributed by atoms with Crippen LogP contribution in [-0.2, 0) is 0 Å². The third-order valence-corrected chi connectivity index (χ3v) is 7.90. The van der Waals surface area contributed by atoms with Gasteiger partial charge in [0.1, 0.15) is 0 Å². The molecule has 3 N–H and O–H groups in total. The van der Waals surface area contributed by atoms with Crippen LogP contribution in [0.2, 0.25) is 0 Å². The minimum Gasteiger partial charge on any atom is -0.393 e. The molecular weight excluding hydrogens is 486 g/mol. The van der Waals surface area contributed by atoms with Gasteiger partial charge < -0.3 is 15.3 Å². The highest BCUT2D eigenvalue weighted by molar-refractivity contribution is 5.40. The maximum Gasteiger partial charge on any atom is 0.438 e. The van der Waals surface area contributed by atoms with Crippen molar-refractivity contribution in [3.63, 3.8) is 0 Å². The molecule has 200 valence electrons. The Labute approximate surface area is 207 Å². The summed E-state index contributed by atoms with van der Waals surface area (Å²) in [6, 6.07) is 0. The number of alkyl halides is 6. The summed E-state index contributed by atoms with van der Waals surface area (Å²) in [7, 11) is 0. The highest BCUT2D eigenvalue weighted by Gasteiger charge is 2.70. The Morgan fingerprint density at radius 3 is 2.42 bits per heavy atom. The van der Waals surface area contributed by atoms with Gasteiger partial charge in [-0.15, -0.1) is 0 Å². The normalized spacial score (nSPS) is 32.7. The van der Waals surface area contributed by atoms with Crippen molar-refractivity contribution in [3.8, 4) is 11.8 Å². The van der Waals surface area contributed by atoms with E-state index in [2.05, 4.69) is 13.5 Å². The third-order valence-electron chi connectivity index (χ3n) is 7.90. The Hall–Kier alpha value is -2.02. The van der Waals surface area contributed by atoms with E-state index in [9.17, 15) is 41.7 Å². The van der Waals surface area contributed by atoms with Crippen LogP contribution in [0.4, 0.5) is 26.3 Å². The van der Waals surface area contributed by atoms with Crippen LogP contribution < -0.4 is 0 Å². The van der Waals surface area contributed by atoms with Gasteiger partial charge in [-0.25, -0.2) is 0 Å². The Balaban J connectivity index is 1.78. The van der Waals surface area contributed by atoms with Gasteiger partial charge in [-0.3, -0.25) is 0 Å². The highest BCUT2D eigenvalue weighted by Crippen LogP contribution is 2.57. The molecule has 0 heterocycles. The Morgan fingerprint density at radius 2 is 1.81 bits per heavy atom. The van der Waals surface area contributed by atoms with Gasteiger partial charge in [0.15, 0.2) is 0 Å². The summed E-state index contributed by atoms with van der Waals surface area (Å²) < 4.78 is 77.4. The SMILES string of the molecule is C=C1/C(=C\C=C2/CCC[C@]3(C)C([C@H](C)CC#CC(O)(C(F)(F)F)C(F)(F)F)=CCC23)CC(O)CC1O. The molecule has 0 aliphatic heterocycles. The van der Waals surface area contributed by atoms with Crippen LogP contribution in [0.3, 0.4) is 0 Å². The van der Waals surface area contributed by atoms with E-state index in [0.717, 1.165) is 36.3 Å². The molecule has 3 rings (SSSR count). The molecular formula is C27H32F6O3. The maximum atomic E-state index is 12.9. The van der Waals surface area contributed by atoms with Gasteiger partial charge in [0.05, 0.1) is 12.2 Å². The van der Waals surface area contributed by atoms with E-state index < -0.39 is 30.2 Å². The molecule has 3 nitrogen and oxygen atoms in total. The lowest BCUT2D eigenvalue weighted by molar-refractivity contribution is -0.343. The van der Waals surface area contributed by atoms with E-state index in [4.69, 9.17) is 0 Å². The molecule has 0 bridgehead atoms. The number of hydrogen-bond donors (Lipinski definition) is 3. The molecule has 0 aromatic carbocycles. The molecule has 0 amide bonds. The van der Waals surface area contributed by atoms with Crippen molar-refractivity contribution in [3.05, 3.63) is 47.1 Å². The predicted octanol–water partition coefficient (Wildman–Crippen LogP) is 5.93. The van der Waals surface area contributed by atoms with Gasteiger partial charge in [-0.1, -0.05) is 55.7 Å². The highest BCUT2D eigenvalue weighted by atomic mass is 19.4. The van der Waals surface area contributed by atoms with E-state index in [0.29, 0.717) is 18.4 Å². The Morgan fingerprint density at radius 1 is 1.17 bits per heavy atom. The van der Waals surface area contributed by atoms with Crippen molar-refractivity contribution in [2.45, 2.75) is 89.0 Å². The number of fused-ring (bicyclic) bond motifs is 1. The van der Waals surface area contributed by atoms with Crippen LogP contribution in [0.1, 0.15) is 58.8 Å². The second-order valence-electron chi connectivity index (χ2n) is 10.4. The largest absolute Gasteiger partial charge is 0.438 e. The quantitative estimate of drug-likeness (QED) is 0.247. The lowest BCUT2D eigenvalue weighted by Crippen LogP contribution is -2.55. The topological polar surface area (TPSA) is 60.7 Å². The van der Waals surface area contributed by atoms with Crippen molar-refractivity contribution >= 4 is 0 Å². The van der Waals surface area contributed by atoms with Crippen molar-refractivity contribution in [1.82, 2.24) is 0 Å². The molecule has 3 aliphatic rings. The van der Waals surface area contributed by atoms with Crippen LogP contribution in [0.25, 0.3) is 0 Å². The lowest BCUT2D eigenvalue weighted by atomic mass is 9.62. The average Bonchev–Trinajstić information content (AvgIpc) is 3.11. The van der Waals surface area contributed by atoms with E-state index in [1.165, 1.54) is 5.57 Å². The Bertz CT molecular complexity index is 1010. The molecule has 2 fully saturated rings. The van der Waals surface area contributed by atoms with E-state index in [-0.39, 0.29) is 30.1 Å². The molecule has 0 spiro atoms. The molecule has 0 aromatic rings. The van der Waals surface area contributed by atoms with Gasteiger partial charge >= 0.3 is 18.0 Å². The van der Waals surface area contributed by atoms with Gasteiger partial charge in [-0.2, -0.15) is 26.3 Å². The standard InChI is InChI=1S/C27H32F6O3/c1-16(6-4-13-25(36,26(28,29)30)27(31,32)33)21-10-11-22-18(7-5-12-24(21,22)3)8-9-19-14-20(34)15-23(35)17(19)2/h8-10,16,20,22-23,34-36H,2,5-7,11-12,14-15H2,1,3H3/b18-8+,19-9-/t16-,20?,22?,23?,24-/m1/s1. The van der Waals surface area contributed by atoms with Crippen molar-refractivity contribution < 1.29 is 41.7 Å². The molecule has 0 saturated heterocycles. The zero-order valence-electron chi connectivity index (χ0n) is 20.3. The van der Waals surface area contributed by atoms with Crippen molar-refractivity contribution in [2.75, 3.05) is 0 Å². The fraction of sp³-hybridized carbons (Fsp3) is 0.630. The lowest BCUT2D eigenvalue weighted by Gasteiger charge is -2.42. The molecule has 3 unspecified atom stereocenters. The molecule has 9 heteroatoms. The van der Waals surface area contributed by atoms with Gasteiger partial charge in [0.25, 0.3) is 0 Å². The van der Waals surface area contributed by atoms with E-state index in [1.54, 1.807) is 6.92 Å².